The van der Waals surface area contributed by atoms with Crippen molar-refractivity contribution < 1.29 is 19.5 Å². The first-order valence-electron chi connectivity index (χ1n) is 5.91. The minimum absolute atomic E-state index is 0.0375. The number of rotatable bonds is 8. The van der Waals surface area contributed by atoms with Gasteiger partial charge in [-0.3, -0.25) is 4.79 Å². The number of nitrogens with two attached hydrogens (primary N) is 1. The second-order valence-corrected chi connectivity index (χ2v) is 4.74. The number of nitrogens with zero attached hydrogens (tertiary/aromatic N) is 1. The molecule has 0 radical (unpaired) electrons. The van der Waals surface area contributed by atoms with Crippen molar-refractivity contribution in [3.8, 4) is 0 Å². The zero-order chi connectivity index (χ0) is 15.0. The van der Waals surface area contributed by atoms with Crippen molar-refractivity contribution in [2.45, 2.75) is 25.3 Å². The monoisotopic (exact) mass is 300 g/mol. The van der Waals surface area contributed by atoms with Crippen LogP contribution in [-0.4, -0.2) is 40.6 Å². The fraction of sp³-hybridized carbons (Fsp3) is 0.455. The van der Waals surface area contributed by atoms with E-state index in [0.29, 0.717) is 13.0 Å². The van der Waals surface area contributed by atoms with Crippen molar-refractivity contribution in [3.05, 3.63) is 16.6 Å². The molecular formula is C11H16N4O4S. The van der Waals surface area contributed by atoms with E-state index < -0.39 is 23.9 Å². The maximum absolute atomic E-state index is 11.5. The van der Waals surface area contributed by atoms with Gasteiger partial charge in [-0.25, -0.2) is 14.6 Å². The molecule has 1 atom stereocenters. The molecule has 0 aromatic carbocycles. The Morgan fingerprint density at radius 3 is 2.75 bits per heavy atom. The molecule has 1 aromatic rings. The lowest BCUT2D eigenvalue weighted by atomic mass is 10.1. The van der Waals surface area contributed by atoms with E-state index in [1.54, 1.807) is 5.51 Å². The molecular weight excluding hydrogens is 284 g/mol. The molecule has 1 rings (SSSR count). The summed E-state index contributed by atoms with van der Waals surface area (Å²) < 4.78 is 0. The fourth-order valence-corrected chi connectivity index (χ4v) is 2.01. The summed E-state index contributed by atoms with van der Waals surface area (Å²) in [6, 6.07) is -1.74. The Labute approximate surface area is 119 Å². The summed E-state index contributed by atoms with van der Waals surface area (Å²) in [7, 11) is 0. The predicted octanol–water partition coefficient (Wildman–Crippen LogP) is -0.297. The number of amides is 3. The molecule has 0 bridgehead atoms. The third kappa shape index (κ3) is 6.14. The van der Waals surface area contributed by atoms with Crippen LogP contribution in [0.5, 0.6) is 0 Å². The van der Waals surface area contributed by atoms with Gasteiger partial charge in [0.05, 0.1) is 11.2 Å². The number of aliphatic carboxylic acids is 1. The average Bonchev–Trinajstić information content (AvgIpc) is 2.87. The van der Waals surface area contributed by atoms with Crippen LogP contribution in [0.15, 0.2) is 10.9 Å². The number of carbonyl (C=O) groups is 3. The van der Waals surface area contributed by atoms with E-state index in [4.69, 9.17) is 10.8 Å². The van der Waals surface area contributed by atoms with Crippen molar-refractivity contribution in [2.24, 2.45) is 5.73 Å². The second-order valence-electron chi connectivity index (χ2n) is 4.03. The molecule has 0 fully saturated rings. The average molecular weight is 300 g/mol. The highest BCUT2D eigenvalue weighted by Crippen LogP contribution is 2.01. The number of urea groups is 1. The SMILES string of the molecule is NC(=O)CC[C@@H](NC(=O)NCCc1cscn1)C(=O)O. The summed E-state index contributed by atoms with van der Waals surface area (Å²) in [4.78, 5) is 37.1. The van der Waals surface area contributed by atoms with Crippen LogP contribution in [0.1, 0.15) is 18.5 Å². The van der Waals surface area contributed by atoms with Gasteiger partial charge >= 0.3 is 12.0 Å². The Morgan fingerprint density at radius 1 is 1.45 bits per heavy atom. The van der Waals surface area contributed by atoms with Gasteiger partial charge in [0.2, 0.25) is 5.91 Å². The molecule has 20 heavy (non-hydrogen) atoms. The molecule has 8 nitrogen and oxygen atoms in total. The number of carbonyl (C=O) groups excluding carboxylic acids is 2. The summed E-state index contributed by atoms with van der Waals surface area (Å²) >= 11 is 1.46. The first kappa shape index (κ1) is 15.9. The van der Waals surface area contributed by atoms with E-state index in [1.807, 2.05) is 5.38 Å². The highest BCUT2D eigenvalue weighted by Gasteiger charge is 2.20. The quantitative estimate of drug-likeness (QED) is 0.523. The van der Waals surface area contributed by atoms with Gasteiger partial charge in [-0.15, -0.1) is 11.3 Å². The molecule has 0 saturated heterocycles. The summed E-state index contributed by atoms with van der Waals surface area (Å²) in [5.41, 5.74) is 7.49. The van der Waals surface area contributed by atoms with Crippen LogP contribution in [0.4, 0.5) is 4.79 Å². The lowest BCUT2D eigenvalue weighted by molar-refractivity contribution is -0.139. The van der Waals surface area contributed by atoms with Crippen LogP contribution in [-0.2, 0) is 16.0 Å². The van der Waals surface area contributed by atoms with Crippen LogP contribution in [0.25, 0.3) is 0 Å². The Kier molecular flexibility index (Phi) is 6.44. The van der Waals surface area contributed by atoms with E-state index in [-0.39, 0.29) is 12.8 Å². The molecule has 3 amide bonds. The lowest BCUT2D eigenvalue weighted by Gasteiger charge is -2.14. The van der Waals surface area contributed by atoms with E-state index in [0.717, 1.165) is 5.69 Å². The minimum atomic E-state index is -1.21. The maximum atomic E-state index is 11.5. The third-order valence-electron chi connectivity index (χ3n) is 2.43. The number of hydrogen-bond acceptors (Lipinski definition) is 5. The van der Waals surface area contributed by atoms with Crippen molar-refractivity contribution in [1.82, 2.24) is 15.6 Å². The summed E-state index contributed by atoms with van der Waals surface area (Å²) in [6.07, 6.45) is 0.427. The molecule has 9 heteroatoms. The molecule has 0 aliphatic heterocycles. The maximum Gasteiger partial charge on any atom is 0.326 e. The number of primary amides is 1. The Balaban J connectivity index is 2.30. The summed E-state index contributed by atoms with van der Waals surface area (Å²) in [6.45, 7) is 0.345. The standard InChI is InChI=1S/C11H16N4O4S/c12-9(16)2-1-8(10(17)18)15-11(19)13-4-3-7-5-20-6-14-7/h5-6,8H,1-4H2,(H2,12,16)(H,17,18)(H2,13,15,19)/t8-/m1/s1. The number of aromatic nitrogens is 1. The Bertz CT molecular complexity index is 463. The first-order chi connectivity index (χ1) is 9.49. The second kappa shape index (κ2) is 8.10. The van der Waals surface area contributed by atoms with Gasteiger partial charge in [0.1, 0.15) is 6.04 Å². The van der Waals surface area contributed by atoms with E-state index >= 15 is 0 Å². The fourth-order valence-electron chi connectivity index (χ4n) is 1.42. The predicted molar refractivity (Wildman–Crippen MR) is 72.2 cm³/mol. The topological polar surface area (TPSA) is 134 Å². The minimum Gasteiger partial charge on any atom is -0.480 e. The largest absolute Gasteiger partial charge is 0.480 e. The van der Waals surface area contributed by atoms with Gasteiger partial charge in [0, 0.05) is 24.8 Å². The van der Waals surface area contributed by atoms with E-state index in [2.05, 4.69) is 15.6 Å². The Hall–Kier alpha value is -2.16. The molecule has 0 unspecified atom stereocenters. The summed E-state index contributed by atoms with van der Waals surface area (Å²) in [5.74, 6) is -1.82. The van der Waals surface area contributed by atoms with Crippen LogP contribution < -0.4 is 16.4 Å². The van der Waals surface area contributed by atoms with Crippen LogP contribution in [0.2, 0.25) is 0 Å². The number of carboxylic acid groups (broad SMARTS) is 1. The highest BCUT2D eigenvalue weighted by atomic mass is 32.1. The first-order valence-corrected chi connectivity index (χ1v) is 6.86. The molecule has 0 saturated carbocycles. The normalized spacial score (nSPS) is 11.6. The smallest absolute Gasteiger partial charge is 0.326 e. The third-order valence-corrected chi connectivity index (χ3v) is 3.07. The van der Waals surface area contributed by atoms with Gasteiger partial charge in [-0.1, -0.05) is 0 Å². The molecule has 5 N–H and O–H groups in total. The number of carboxylic acids is 1. The van der Waals surface area contributed by atoms with Gasteiger partial charge in [-0.2, -0.15) is 0 Å². The van der Waals surface area contributed by atoms with E-state index in [1.165, 1.54) is 11.3 Å². The zero-order valence-corrected chi connectivity index (χ0v) is 11.5. The molecule has 0 spiro atoms. The van der Waals surface area contributed by atoms with Crippen LogP contribution in [0.3, 0.4) is 0 Å². The van der Waals surface area contributed by atoms with Gasteiger partial charge in [-0.05, 0) is 6.42 Å². The Morgan fingerprint density at radius 2 is 2.20 bits per heavy atom. The lowest BCUT2D eigenvalue weighted by Crippen LogP contribution is -2.46. The summed E-state index contributed by atoms with van der Waals surface area (Å²) in [5, 5.41) is 15.6. The van der Waals surface area contributed by atoms with Crippen molar-refractivity contribution in [2.75, 3.05) is 6.54 Å². The zero-order valence-electron chi connectivity index (χ0n) is 10.7. The molecule has 1 heterocycles. The van der Waals surface area contributed by atoms with Gasteiger partial charge in [0.15, 0.2) is 0 Å². The molecule has 0 aliphatic carbocycles. The highest BCUT2D eigenvalue weighted by molar-refractivity contribution is 7.07. The van der Waals surface area contributed by atoms with E-state index in [9.17, 15) is 14.4 Å². The van der Waals surface area contributed by atoms with Crippen LogP contribution >= 0.6 is 11.3 Å². The van der Waals surface area contributed by atoms with Crippen molar-refractivity contribution in [3.63, 3.8) is 0 Å². The number of hydrogen-bond donors (Lipinski definition) is 4. The van der Waals surface area contributed by atoms with Gasteiger partial charge < -0.3 is 21.5 Å². The molecule has 110 valence electrons. The molecule has 0 aliphatic rings. The number of nitrogens with one attached hydrogen (secondary N) is 2. The number of thiazole rings is 1. The van der Waals surface area contributed by atoms with Gasteiger partial charge in [0.25, 0.3) is 0 Å². The van der Waals surface area contributed by atoms with Crippen LogP contribution in [0, 0.1) is 0 Å². The van der Waals surface area contributed by atoms with Crippen molar-refractivity contribution in [1.29, 1.82) is 0 Å². The van der Waals surface area contributed by atoms with Crippen molar-refractivity contribution >= 4 is 29.2 Å². The molecule has 1 aromatic heterocycles.